The average Bonchev–Trinajstić information content (AvgIpc) is 2.46. The van der Waals surface area contributed by atoms with Crippen molar-refractivity contribution in [1.82, 2.24) is 0 Å². The molecule has 2 rings (SSSR count). The zero-order valence-electron chi connectivity index (χ0n) is 11.3. The largest absolute Gasteiger partial charge is 0.478 e. The highest BCUT2D eigenvalue weighted by Gasteiger charge is 2.20. The van der Waals surface area contributed by atoms with Gasteiger partial charge >= 0.3 is 5.97 Å². The molecule has 1 aromatic carbocycles. The number of aliphatic carboxylic acids is 1. The van der Waals surface area contributed by atoms with E-state index in [9.17, 15) is 9.59 Å². The number of hydrogen-bond acceptors (Lipinski definition) is 3. The van der Waals surface area contributed by atoms with Crippen molar-refractivity contribution in [3.8, 4) is 0 Å². The van der Waals surface area contributed by atoms with Crippen molar-refractivity contribution in [1.29, 1.82) is 0 Å². The van der Waals surface area contributed by atoms with Crippen LogP contribution in [0, 0.1) is 0 Å². The van der Waals surface area contributed by atoms with Gasteiger partial charge in [-0.2, -0.15) is 0 Å². The number of Topliss-reactive ketones (excluding diaryl/α,β-unsaturated/α-hetero) is 1. The molecule has 1 unspecified atom stereocenters. The summed E-state index contributed by atoms with van der Waals surface area (Å²) in [6.45, 7) is 1.88. The van der Waals surface area contributed by atoms with E-state index in [0.717, 1.165) is 11.1 Å². The first-order valence-electron chi connectivity index (χ1n) is 6.47. The molecule has 0 saturated heterocycles. The Kier molecular flexibility index (Phi) is 4.15. The standard InChI is InChI=1S/C16H17NO3/c1-10(18)11-5-6-14(9-17)15(8-11)12-3-2-4-13(7-12)16(19)20/h2-6,8,12H,7,9,17H2,1H3,(H,19,20). The first-order chi connectivity index (χ1) is 9.52. The number of allylic oxidation sites excluding steroid dienone is 3. The Morgan fingerprint density at radius 1 is 1.40 bits per heavy atom. The minimum absolute atomic E-state index is 0.0105. The number of hydrogen-bond donors (Lipinski definition) is 2. The molecule has 0 saturated carbocycles. The zero-order valence-corrected chi connectivity index (χ0v) is 11.3. The zero-order chi connectivity index (χ0) is 14.7. The van der Waals surface area contributed by atoms with Crippen LogP contribution < -0.4 is 5.73 Å². The Balaban J connectivity index is 2.39. The van der Waals surface area contributed by atoms with Crippen molar-refractivity contribution in [3.63, 3.8) is 0 Å². The minimum Gasteiger partial charge on any atom is -0.478 e. The van der Waals surface area contributed by atoms with Gasteiger partial charge in [0.2, 0.25) is 0 Å². The molecule has 0 amide bonds. The van der Waals surface area contributed by atoms with Crippen molar-refractivity contribution >= 4 is 11.8 Å². The van der Waals surface area contributed by atoms with E-state index in [-0.39, 0.29) is 11.7 Å². The third-order valence-corrected chi connectivity index (χ3v) is 3.53. The second kappa shape index (κ2) is 5.84. The van der Waals surface area contributed by atoms with Crippen LogP contribution in [0.4, 0.5) is 0 Å². The molecule has 0 spiro atoms. The number of rotatable bonds is 4. The first kappa shape index (κ1) is 14.2. The summed E-state index contributed by atoms with van der Waals surface area (Å²) in [5.41, 5.74) is 8.60. The van der Waals surface area contributed by atoms with Crippen LogP contribution in [-0.4, -0.2) is 16.9 Å². The van der Waals surface area contributed by atoms with Gasteiger partial charge in [0.1, 0.15) is 0 Å². The quantitative estimate of drug-likeness (QED) is 0.824. The van der Waals surface area contributed by atoms with Crippen LogP contribution in [0.15, 0.2) is 42.0 Å². The summed E-state index contributed by atoms with van der Waals surface area (Å²) in [7, 11) is 0. The maximum atomic E-state index is 11.5. The molecule has 4 heteroatoms. The van der Waals surface area contributed by atoms with Crippen molar-refractivity contribution in [2.45, 2.75) is 25.8 Å². The normalized spacial score (nSPS) is 17.7. The van der Waals surface area contributed by atoms with E-state index in [1.54, 1.807) is 18.2 Å². The first-order valence-corrected chi connectivity index (χ1v) is 6.47. The van der Waals surface area contributed by atoms with Gasteiger partial charge in [0.05, 0.1) is 0 Å². The predicted molar refractivity (Wildman–Crippen MR) is 76.6 cm³/mol. The molecule has 1 aliphatic rings. The molecule has 1 atom stereocenters. The van der Waals surface area contributed by atoms with Gasteiger partial charge in [0.25, 0.3) is 0 Å². The van der Waals surface area contributed by atoms with Gasteiger partial charge in [-0.25, -0.2) is 4.79 Å². The molecule has 0 aliphatic heterocycles. The number of carboxylic acid groups (broad SMARTS) is 1. The summed E-state index contributed by atoms with van der Waals surface area (Å²) in [5, 5.41) is 9.09. The Hall–Kier alpha value is -2.20. The van der Waals surface area contributed by atoms with Gasteiger partial charge in [0.15, 0.2) is 5.78 Å². The molecule has 104 valence electrons. The number of carbonyl (C=O) groups excluding carboxylic acids is 1. The monoisotopic (exact) mass is 271 g/mol. The second-order valence-electron chi connectivity index (χ2n) is 4.87. The highest BCUT2D eigenvalue weighted by Crippen LogP contribution is 2.31. The van der Waals surface area contributed by atoms with Gasteiger partial charge in [-0.05, 0) is 30.5 Å². The van der Waals surface area contributed by atoms with Gasteiger partial charge in [-0.1, -0.05) is 30.4 Å². The number of carbonyl (C=O) groups is 2. The van der Waals surface area contributed by atoms with Gasteiger partial charge in [-0.3, -0.25) is 4.79 Å². The van der Waals surface area contributed by atoms with E-state index < -0.39 is 5.97 Å². The lowest BCUT2D eigenvalue weighted by molar-refractivity contribution is -0.132. The topological polar surface area (TPSA) is 80.4 Å². The van der Waals surface area contributed by atoms with Crippen molar-refractivity contribution in [2.24, 2.45) is 5.73 Å². The Labute approximate surface area is 117 Å². The molecule has 1 aromatic rings. The van der Waals surface area contributed by atoms with Crippen LogP contribution in [0.5, 0.6) is 0 Å². The molecular weight excluding hydrogens is 254 g/mol. The highest BCUT2D eigenvalue weighted by molar-refractivity contribution is 5.94. The second-order valence-corrected chi connectivity index (χ2v) is 4.87. The predicted octanol–water partition coefficient (Wildman–Crippen LogP) is 2.40. The van der Waals surface area contributed by atoms with Gasteiger partial charge < -0.3 is 10.8 Å². The molecule has 20 heavy (non-hydrogen) atoms. The maximum absolute atomic E-state index is 11.5. The van der Waals surface area contributed by atoms with E-state index in [4.69, 9.17) is 10.8 Å². The number of ketones is 1. The van der Waals surface area contributed by atoms with Crippen molar-refractivity contribution < 1.29 is 14.7 Å². The summed E-state index contributed by atoms with van der Waals surface area (Å²) >= 11 is 0. The summed E-state index contributed by atoms with van der Waals surface area (Å²) < 4.78 is 0. The van der Waals surface area contributed by atoms with Crippen LogP contribution >= 0.6 is 0 Å². The van der Waals surface area contributed by atoms with Crippen LogP contribution in [0.3, 0.4) is 0 Å². The molecule has 0 bridgehead atoms. The van der Waals surface area contributed by atoms with Crippen molar-refractivity contribution in [3.05, 3.63) is 58.7 Å². The van der Waals surface area contributed by atoms with E-state index in [1.165, 1.54) is 6.92 Å². The number of carboxylic acids is 1. The van der Waals surface area contributed by atoms with E-state index in [1.807, 2.05) is 18.2 Å². The molecule has 0 aromatic heterocycles. The van der Waals surface area contributed by atoms with E-state index in [2.05, 4.69) is 0 Å². The SMILES string of the molecule is CC(=O)c1ccc(CN)c(C2C=CC=C(C(=O)O)C2)c1. The molecule has 1 aliphatic carbocycles. The minimum atomic E-state index is -0.906. The van der Waals surface area contributed by atoms with E-state index in [0.29, 0.717) is 24.1 Å². The molecule has 3 N–H and O–H groups in total. The third-order valence-electron chi connectivity index (χ3n) is 3.53. The summed E-state index contributed by atoms with van der Waals surface area (Å²) in [6.07, 6.45) is 5.72. The van der Waals surface area contributed by atoms with E-state index >= 15 is 0 Å². The van der Waals surface area contributed by atoms with Gasteiger partial charge in [0, 0.05) is 23.6 Å². The van der Waals surface area contributed by atoms with Crippen molar-refractivity contribution in [2.75, 3.05) is 0 Å². The third kappa shape index (κ3) is 2.86. The molecule has 0 fully saturated rings. The lowest BCUT2D eigenvalue weighted by Gasteiger charge is -2.20. The fourth-order valence-electron chi connectivity index (χ4n) is 2.40. The van der Waals surface area contributed by atoms with Crippen LogP contribution in [0.25, 0.3) is 0 Å². The van der Waals surface area contributed by atoms with Crippen LogP contribution in [0.2, 0.25) is 0 Å². The lowest BCUT2D eigenvalue weighted by atomic mass is 9.84. The summed E-state index contributed by atoms with van der Waals surface area (Å²) in [5.74, 6) is -0.969. The van der Waals surface area contributed by atoms with Crippen LogP contribution in [-0.2, 0) is 11.3 Å². The fourth-order valence-corrected chi connectivity index (χ4v) is 2.40. The Morgan fingerprint density at radius 3 is 2.75 bits per heavy atom. The Morgan fingerprint density at radius 2 is 2.15 bits per heavy atom. The highest BCUT2D eigenvalue weighted by atomic mass is 16.4. The number of nitrogens with two attached hydrogens (primary N) is 1. The molecule has 0 radical (unpaired) electrons. The molecular formula is C16H17NO3. The number of benzene rings is 1. The fraction of sp³-hybridized carbons (Fsp3) is 0.250. The lowest BCUT2D eigenvalue weighted by Crippen LogP contribution is -2.12. The van der Waals surface area contributed by atoms with Crippen LogP contribution in [0.1, 0.15) is 40.7 Å². The maximum Gasteiger partial charge on any atom is 0.331 e. The molecule has 0 heterocycles. The average molecular weight is 271 g/mol. The molecule has 4 nitrogen and oxygen atoms in total. The smallest absolute Gasteiger partial charge is 0.331 e. The summed E-state index contributed by atoms with van der Waals surface area (Å²) in [4.78, 5) is 22.6. The summed E-state index contributed by atoms with van der Waals surface area (Å²) in [6, 6.07) is 5.43. The van der Waals surface area contributed by atoms with Gasteiger partial charge in [-0.15, -0.1) is 0 Å². The Bertz CT molecular complexity index is 614.